The molecule has 2 N–H and O–H groups in total. The predicted molar refractivity (Wildman–Crippen MR) is 110 cm³/mol. The van der Waals surface area contributed by atoms with Crippen molar-refractivity contribution in [1.82, 2.24) is 0 Å². The Hall–Kier alpha value is -1.20. The summed E-state index contributed by atoms with van der Waals surface area (Å²) < 4.78 is 18.0. The van der Waals surface area contributed by atoms with E-state index in [2.05, 4.69) is 30.4 Å². The molecule has 0 aromatic heterocycles. The molecule has 28 heavy (non-hydrogen) atoms. The number of carbonyl (C=O) groups is 1. The highest BCUT2D eigenvalue weighted by Crippen LogP contribution is 2.37. The maximum absolute atomic E-state index is 13.6. The summed E-state index contributed by atoms with van der Waals surface area (Å²) in [6.07, 6.45) is 15.3. The number of ether oxygens (including phenoxy) is 1. The fourth-order valence-electron chi connectivity index (χ4n) is 4.17. The van der Waals surface area contributed by atoms with Gasteiger partial charge in [-0.2, -0.15) is 0 Å². The molecule has 0 unspecified atom stereocenters. The van der Waals surface area contributed by atoms with Crippen LogP contribution in [-0.4, -0.2) is 29.1 Å². The number of allylic oxidation sites excluding steroid dienone is 3. The van der Waals surface area contributed by atoms with Crippen molar-refractivity contribution in [1.29, 1.82) is 0 Å². The van der Waals surface area contributed by atoms with E-state index in [4.69, 9.17) is 0 Å². The number of hydrogen-bond acceptors (Lipinski definition) is 4. The molecule has 0 heterocycles. The van der Waals surface area contributed by atoms with Crippen LogP contribution in [0.2, 0.25) is 0 Å². The van der Waals surface area contributed by atoms with Gasteiger partial charge in [-0.05, 0) is 50.4 Å². The molecule has 1 rings (SSSR count). The summed E-state index contributed by atoms with van der Waals surface area (Å²) in [5.41, 5.74) is 0. The molecule has 4 nitrogen and oxygen atoms in total. The van der Waals surface area contributed by atoms with Gasteiger partial charge in [-0.3, -0.25) is 0 Å². The number of hydrogen-bond donors (Lipinski definition) is 2. The number of halogens is 1. The summed E-state index contributed by atoms with van der Waals surface area (Å²) in [4.78, 5) is 11.2. The molecule has 1 aliphatic carbocycles. The van der Waals surface area contributed by atoms with Crippen LogP contribution in [0.4, 0.5) is 4.39 Å². The van der Waals surface area contributed by atoms with Gasteiger partial charge in [0.05, 0.1) is 12.9 Å². The Morgan fingerprint density at radius 2 is 2.04 bits per heavy atom. The van der Waals surface area contributed by atoms with Crippen LogP contribution in [0.1, 0.15) is 84.0 Å². The minimum atomic E-state index is -2.37. The van der Waals surface area contributed by atoms with Crippen LogP contribution in [-0.2, 0) is 9.53 Å². The molecule has 0 bridgehead atoms. The molecular weight excluding hydrogens is 359 g/mol. The second-order valence-electron chi connectivity index (χ2n) is 8.21. The average molecular weight is 399 g/mol. The lowest BCUT2D eigenvalue weighted by Gasteiger charge is -2.19. The van der Waals surface area contributed by atoms with E-state index >= 15 is 0 Å². The summed E-state index contributed by atoms with van der Waals surface area (Å²) >= 11 is 0. The summed E-state index contributed by atoms with van der Waals surface area (Å²) in [5, 5.41) is 19.2. The van der Waals surface area contributed by atoms with Crippen LogP contribution in [0, 0.1) is 17.8 Å². The predicted octanol–water partition coefficient (Wildman–Crippen LogP) is 5.44. The van der Waals surface area contributed by atoms with E-state index in [9.17, 15) is 19.4 Å². The average Bonchev–Trinajstić information content (AvgIpc) is 3.10. The van der Waals surface area contributed by atoms with Crippen LogP contribution in [0.25, 0.3) is 0 Å². The third-order valence-electron chi connectivity index (χ3n) is 5.98. The van der Waals surface area contributed by atoms with Gasteiger partial charge in [0.25, 0.3) is 5.79 Å². The lowest BCUT2D eigenvalue weighted by atomic mass is 9.89. The molecule has 1 saturated carbocycles. The van der Waals surface area contributed by atoms with E-state index in [-0.39, 0.29) is 18.2 Å². The van der Waals surface area contributed by atoms with Gasteiger partial charge >= 0.3 is 5.97 Å². The zero-order chi connectivity index (χ0) is 21.0. The second-order valence-corrected chi connectivity index (χ2v) is 8.21. The number of unbranched alkanes of at least 4 members (excludes halogenated alkanes) is 3. The smallest absolute Gasteiger partial charge is 0.366 e. The normalized spacial score (nSPS) is 21.2. The fraction of sp³-hybridized carbons (Fsp3) is 0.783. The molecule has 0 aliphatic heterocycles. The molecule has 0 saturated heterocycles. The van der Waals surface area contributed by atoms with Crippen LogP contribution < -0.4 is 0 Å². The first-order valence-corrected chi connectivity index (χ1v) is 10.9. The first kappa shape index (κ1) is 24.8. The summed E-state index contributed by atoms with van der Waals surface area (Å²) in [6.45, 7) is 5.62. The van der Waals surface area contributed by atoms with Gasteiger partial charge < -0.3 is 14.9 Å². The Morgan fingerprint density at radius 1 is 1.29 bits per heavy atom. The topological polar surface area (TPSA) is 66.8 Å². The summed E-state index contributed by atoms with van der Waals surface area (Å²) in [7, 11) is 1.15. The Bertz CT molecular complexity index is 501. The van der Waals surface area contributed by atoms with Gasteiger partial charge in [-0.1, -0.05) is 57.8 Å². The van der Waals surface area contributed by atoms with Crippen molar-refractivity contribution >= 4 is 5.97 Å². The standard InChI is InChI=1S/C23H39FO4/c1-4-5-11-19(18(2)24)13-9-14-21-16-10-15-20(21)12-7-6-8-17-23(26,27)22(25)28-3/h9,14,19-21,26-27H,2,4-8,10-13,15-17H2,1,3H3/t19-,20+,21+/m1/s1. The molecule has 0 spiro atoms. The summed E-state index contributed by atoms with van der Waals surface area (Å²) in [6, 6.07) is 0. The first-order chi connectivity index (χ1) is 13.3. The SMILES string of the molecule is C=C(F)[C@@H](CC=C[C@H]1CCC[C@@H]1CCCCCC(O)(O)C(=O)OC)CCCC. The van der Waals surface area contributed by atoms with E-state index in [0.717, 1.165) is 52.1 Å². The zero-order valence-electron chi connectivity index (χ0n) is 17.7. The molecule has 0 radical (unpaired) electrons. The molecule has 0 aromatic rings. The lowest BCUT2D eigenvalue weighted by Crippen LogP contribution is -2.39. The molecule has 1 aliphatic rings. The van der Waals surface area contributed by atoms with Gasteiger partial charge in [-0.15, -0.1) is 0 Å². The number of rotatable bonds is 14. The number of aliphatic hydroxyl groups is 2. The third kappa shape index (κ3) is 8.87. The van der Waals surface area contributed by atoms with Gasteiger partial charge in [0.2, 0.25) is 0 Å². The molecule has 0 aromatic carbocycles. The maximum atomic E-state index is 13.6. The van der Waals surface area contributed by atoms with Crippen LogP contribution in [0.15, 0.2) is 24.6 Å². The highest BCUT2D eigenvalue weighted by Gasteiger charge is 2.33. The molecule has 1 fully saturated rings. The molecular formula is C23H39FO4. The fourth-order valence-corrected chi connectivity index (χ4v) is 4.17. The van der Waals surface area contributed by atoms with Crippen molar-refractivity contribution in [2.45, 2.75) is 89.8 Å². The van der Waals surface area contributed by atoms with Crippen molar-refractivity contribution < 1.29 is 24.1 Å². The van der Waals surface area contributed by atoms with E-state index in [1.54, 1.807) is 0 Å². The zero-order valence-corrected chi connectivity index (χ0v) is 17.7. The van der Waals surface area contributed by atoms with Crippen LogP contribution >= 0.6 is 0 Å². The molecule has 3 atom stereocenters. The molecule has 5 heteroatoms. The van der Waals surface area contributed by atoms with Gasteiger partial charge in [0.1, 0.15) is 0 Å². The minimum Gasteiger partial charge on any atom is -0.465 e. The number of carbonyl (C=O) groups excluding carboxylic acids is 1. The monoisotopic (exact) mass is 398 g/mol. The van der Waals surface area contributed by atoms with Gasteiger partial charge in [-0.25, -0.2) is 9.18 Å². The third-order valence-corrected chi connectivity index (χ3v) is 5.98. The van der Waals surface area contributed by atoms with Crippen molar-refractivity contribution in [2.75, 3.05) is 7.11 Å². The number of esters is 1. The van der Waals surface area contributed by atoms with Gasteiger partial charge in [0.15, 0.2) is 0 Å². The molecule has 0 amide bonds. The number of methoxy groups -OCH3 is 1. The van der Waals surface area contributed by atoms with Crippen molar-refractivity contribution in [3.05, 3.63) is 24.6 Å². The van der Waals surface area contributed by atoms with E-state index in [1.165, 1.54) is 19.3 Å². The second kappa shape index (κ2) is 13.1. The summed E-state index contributed by atoms with van der Waals surface area (Å²) in [5.74, 6) is -2.42. The Labute approximate surface area is 169 Å². The van der Waals surface area contributed by atoms with Crippen molar-refractivity contribution in [3.8, 4) is 0 Å². The van der Waals surface area contributed by atoms with Crippen LogP contribution in [0.3, 0.4) is 0 Å². The first-order valence-electron chi connectivity index (χ1n) is 10.9. The van der Waals surface area contributed by atoms with Crippen molar-refractivity contribution in [3.63, 3.8) is 0 Å². The van der Waals surface area contributed by atoms with Gasteiger partial charge in [0, 0.05) is 12.3 Å². The van der Waals surface area contributed by atoms with Crippen LogP contribution in [0.5, 0.6) is 0 Å². The maximum Gasteiger partial charge on any atom is 0.366 e. The highest BCUT2D eigenvalue weighted by atomic mass is 19.1. The van der Waals surface area contributed by atoms with E-state index < -0.39 is 11.8 Å². The lowest BCUT2D eigenvalue weighted by molar-refractivity contribution is -0.209. The Kier molecular flexibility index (Phi) is 11.6. The van der Waals surface area contributed by atoms with E-state index in [1.807, 2.05) is 0 Å². The Morgan fingerprint density at radius 3 is 2.68 bits per heavy atom. The Balaban J connectivity index is 2.32. The molecule has 162 valence electrons. The van der Waals surface area contributed by atoms with E-state index in [0.29, 0.717) is 18.3 Å². The minimum absolute atomic E-state index is 0.0000624. The van der Waals surface area contributed by atoms with Crippen molar-refractivity contribution in [2.24, 2.45) is 17.8 Å². The largest absolute Gasteiger partial charge is 0.465 e. The highest BCUT2D eigenvalue weighted by molar-refractivity contribution is 5.76. The quantitative estimate of drug-likeness (QED) is 0.177.